The number of nitrogens with zero attached hydrogens (tertiary/aromatic N) is 2. The van der Waals surface area contributed by atoms with Gasteiger partial charge in [-0.05, 0) is 67.3 Å². The fourth-order valence-electron chi connectivity index (χ4n) is 4.20. The summed E-state index contributed by atoms with van der Waals surface area (Å²) in [4.78, 5) is 20.2. The molecule has 1 aromatic heterocycles. The maximum Gasteiger partial charge on any atom is 0.339 e. The summed E-state index contributed by atoms with van der Waals surface area (Å²) in [5, 5.41) is 15.2. The van der Waals surface area contributed by atoms with Crippen molar-refractivity contribution in [2.24, 2.45) is 0 Å². The summed E-state index contributed by atoms with van der Waals surface area (Å²) in [5.74, 6) is 0.892. The summed E-state index contributed by atoms with van der Waals surface area (Å²) in [6.45, 7) is 7.60. The van der Waals surface area contributed by atoms with Crippen LogP contribution in [0.1, 0.15) is 35.3 Å². The molecule has 0 saturated heterocycles. The zero-order valence-corrected chi connectivity index (χ0v) is 20.2. The van der Waals surface area contributed by atoms with E-state index in [1.54, 1.807) is 12.1 Å². The molecule has 0 saturated carbocycles. The average molecular weight is 472 g/mol. The van der Waals surface area contributed by atoms with Gasteiger partial charge in [-0.25, -0.2) is 14.8 Å². The van der Waals surface area contributed by atoms with Crippen LogP contribution in [0.3, 0.4) is 0 Å². The molecule has 180 valence electrons. The minimum atomic E-state index is -1.03. The van der Waals surface area contributed by atoms with E-state index in [-0.39, 0.29) is 5.56 Å². The number of rotatable bonds is 10. The van der Waals surface area contributed by atoms with Crippen molar-refractivity contribution in [2.75, 3.05) is 25.1 Å². The Morgan fingerprint density at radius 2 is 1.74 bits per heavy atom. The highest BCUT2D eigenvalue weighted by molar-refractivity contribution is 5.92. The van der Waals surface area contributed by atoms with Gasteiger partial charge in [-0.15, -0.1) is 0 Å². The molecule has 0 atom stereocenters. The minimum absolute atomic E-state index is 0.124. The molecule has 0 aliphatic heterocycles. The maximum atomic E-state index is 11.5. The summed E-state index contributed by atoms with van der Waals surface area (Å²) < 4.78 is 11.5. The Labute approximate surface area is 204 Å². The molecule has 7 nitrogen and oxygen atoms in total. The molecule has 35 heavy (non-hydrogen) atoms. The summed E-state index contributed by atoms with van der Waals surface area (Å²) in [5.41, 5.74) is 3.96. The minimum Gasteiger partial charge on any atom is -0.494 e. The Kier molecular flexibility index (Phi) is 7.45. The fourth-order valence-corrected chi connectivity index (χ4v) is 4.20. The number of benzene rings is 3. The van der Waals surface area contributed by atoms with Gasteiger partial charge in [-0.2, -0.15) is 0 Å². The second-order valence-corrected chi connectivity index (χ2v) is 8.05. The molecule has 0 fully saturated rings. The number of carbonyl (C=O) groups is 1. The van der Waals surface area contributed by atoms with Crippen LogP contribution < -0.4 is 14.8 Å². The van der Waals surface area contributed by atoms with Gasteiger partial charge in [0, 0.05) is 18.2 Å². The van der Waals surface area contributed by atoms with Gasteiger partial charge in [-0.3, -0.25) is 0 Å². The van der Waals surface area contributed by atoms with Crippen LogP contribution in [-0.4, -0.2) is 40.8 Å². The van der Waals surface area contributed by atoms with Crippen LogP contribution in [0.4, 0.5) is 5.82 Å². The summed E-state index contributed by atoms with van der Waals surface area (Å²) in [6, 6.07) is 17.3. The molecule has 7 heteroatoms. The number of nitrogens with one attached hydrogen (secondary N) is 1. The predicted octanol–water partition coefficient (Wildman–Crippen LogP) is 5.76. The van der Waals surface area contributed by atoms with Crippen LogP contribution in [0.5, 0.6) is 11.5 Å². The van der Waals surface area contributed by atoms with Gasteiger partial charge in [0.05, 0.1) is 18.9 Å². The van der Waals surface area contributed by atoms with Gasteiger partial charge in [0.15, 0.2) is 0 Å². The molecule has 0 radical (unpaired) electrons. The zero-order chi connectivity index (χ0) is 24.8. The normalized spacial score (nSPS) is 10.8. The van der Waals surface area contributed by atoms with Crippen molar-refractivity contribution in [3.63, 3.8) is 0 Å². The number of aryl methyl sites for hydroxylation is 1. The monoisotopic (exact) mass is 471 g/mol. The van der Waals surface area contributed by atoms with Gasteiger partial charge < -0.3 is 19.9 Å². The number of anilines is 1. The number of hydrogen-bond donors (Lipinski definition) is 2. The molecule has 3 aromatic carbocycles. The Morgan fingerprint density at radius 1 is 0.971 bits per heavy atom. The van der Waals surface area contributed by atoms with Crippen LogP contribution in [0.2, 0.25) is 0 Å². The lowest BCUT2D eigenvalue weighted by Crippen LogP contribution is -2.09. The molecule has 0 amide bonds. The second-order valence-electron chi connectivity index (χ2n) is 8.05. The molecule has 4 aromatic rings. The van der Waals surface area contributed by atoms with E-state index in [0.29, 0.717) is 37.0 Å². The molecular weight excluding hydrogens is 442 g/mol. The molecular formula is C28H29N3O4. The summed E-state index contributed by atoms with van der Waals surface area (Å²) >= 11 is 0. The first-order valence-corrected chi connectivity index (χ1v) is 11.7. The number of carboxylic acid groups (broad SMARTS) is 1. The molecule has 4 rings (SSSR count). The van der Waals surface area contributed by atoms with Crippen LogP contribution in [0.15, 0.2) is 60.9 Å². The van der Waals surface area contributed by atoms with E-state index in [4.69, 9.17) is 9.47 Å². The van der Waals surface area contributed by atoms with E-state index >= 15 is 0 Å². The van der Waals surface area contributed by atoms with Gasteiger partial charge in [0.2, 0.25) is 0 Å². The van der Waals surface area contributed by atoms with Gasteiger partial charge in [0.25, 0.3) is 0 Å². The van der Waals surface area contributed by atoms with Crippen molar-refractivity contribution in [3.05, 3.63) is 77.6 Å². The van der Waals surface area contributed by atoms with E-state index < -0.39 is 5.97 Å². The third-order valence-electron chi connectivity index (χ3n) is 5.86. The van der Waals surface area contributed by atoms with Crippen molar-refractivity contribution < 1.29 is 19.4 Å². The lowest BCUT2D eigenvalue weighted by molar-refractivity contribution is 0.0692. The number of fused-ring (bicyclic) bond motifs is 1. The number of ether oxygens (including phenoxy) is 2. The fraction of sp³-hybridized carbons (Fsp3) is 0.250. The van der Waals surface area contributed by atoms with Crippen LogP contribution in [-0.2, 0) is 6.42 Å². The standard InChI is InChI=1S/C28H29N3O4/c1-4-34-25-14-19-8-6-7-9-21(19)18(3)22(25)12-13-29-27-16-24(30-17-31-27)20-10-11-23(28(32)33)26(15-20)35-5-2/h6-11,14-17H,4-5,12-13H2,1-3H3,(H,32,33)(H,29,30,31). The first-order valence-electron chi connectivity index (χ1n) is 11.7. The third kappa shape index (κ3) is 5.35. The van der Waals surface area contributed by atoms with E-state index in [2.05, 4.69) is 46.5 Å². The topological polar surface area (TPSA) is 93.6 Å². The molecule has 0 spiro atoms. The maximum absolute atomic E-state index is 11.5. The van der Waals surface area contributed by atoms with Gasteiger partial charge >= 0.3 is 5.97 Å². The van der Waals surface area contributed by atoms with Crippen LogP contribution in [0.25, 0.3) is 22.0 Å². The number of aromatic nitrogens is 2. The van der Waals surface area contributed by atoms with Crippen molar-refractivity contribution in [2.45, 2.75) is 27.2 Å². The van der Waals surface area contributed by atoms with Crippen molar-refractivity contribution in [1.29, 1.82) is 0 Å². The largest absolute Gasteiger partial charge is 0.494 e. The summed E-state index contributed by atoms with van der Waals surface area (Å²) in [6.07, 6.45) is 2.27. The lowest BCUT2D eigenvalue weighted by atomic mass is 9.97. The highest BCUT2D eigenvalue weighted by atomic mass is 16.5. The lowest BCUT2D eigenvalue weighted by Gasteiger charge is -2.16. The van der Waals surface area contributed by atoms with Crippen molar-refractivity contribution in [3.8, 4) is 22.8 Å². The van der Waals surface area contributed by atoms with Crippen molar-refractivity contribution >= 4 is 22.6 Å². The molecule has 1 heterocycles. The SMILES string of the molecule is CCOc1cc(-c2cc(NCCc3c(OCC)cc4ccccc4c3C)ncn2)ccc1C(=O)O. The molecule has 0 bridgehead atoms. The molecule has 0 aliphatic carbocycles. The first kappa shape index (κ1) is 24.0. The Hall–Kier alpha value is -4.13. The van der Waals surface area contributed by atoms with E-state index in [9.17, 15) is 9.90 Å². The van der Waals surface area contributed by atoms with Crippen LogP contribution in [0, 0.1) is 6.92 Å². The van der Waals surface area contributed by atoms with Crippen LogP contribution >= 0.6 is 0 Å². The Balaban J connectivity index is 1.53. The number of hydrogen-bond acceptors (Lipinski definition) is 6. The molecule has 0 aliphatic rings. The zero-order valence-electron chi connectivity index (χ0n) is 20.2. The van der Waals surface area contributed by atoms with E-state index in [0.717, 1.165) is 17.7 Å². The van der Waals surface area contributed by atoms with E-state index in [1.165, 1.54) is 34.3 Å². The summed E-state index contributed by atoms with van der Waals surface area (Å²) in [7, 11) is 0. The van der Waals surface area contributed by atoms with E-state index in [1.807, 2.05) is 26.0 Å². The predicted molar refractivity (Wildman–Crippen MR) is 138 cm³/mol. The van der Waals surface area contributed by atoms with Gasteiger partial charge in [-0.1, -0.05) is 30.3 Å². The second kappa shape index (κ2) is 10.9. The number of carboxylic acids is 1. The van der Waals surface area contributed by atoms with Crippen molar-refractivity contribution in [1.82, 2.24) is 9.97 Å². The molecule has 2 N–H and O–H groups in total. The number of aromatic carboxylic acids is 1. The highest BCUT2D eigenvalue weighted by Crippen LogP contribution is 2.31. The molecule has 0 unspecified atom stereocenters. The smallest absolute Gasteiger partial charge is 0.339 e. The third-order valence-corrected chi connectivity index (χ3v) is 5.86. The van der Waals surface area contributed by atoms with Gasteiger partial charge in [0.1, 0.15) is 29.2 Å². The Bertz CT molecular complexity index is 1350. The first-order chi connectivity index (χ1) is 17.0. The Morgan fingerprint density at radius 3 is 2.51 bits per heavy atom. The highest BCUT2D eigenvalue weighted by Gasteiger charge is 2.14. The average Bonchev–Trinajstić information content (AvgIpc) is 2.86. The quantitative estimate of drug-likeness (QED) is 0.304.